The number of hydrogen-bond donors (Lipinski definition) is 1. The Morgan fingerprint density at radius 2 is 2.23 bits per heavy atom. The van der Waals surface area contributed by atoms with Gasteiger partial charge in [-0.15, -0.1) is 0 Å². The van der Waals surface area contributed by atoms with Gasteiger partial charge in [-0.2, -0.15) is 5.10 Å². The predicted molar refractivity (Wildman–Crippen MR) is 89.9 cm³/mol. The Balaban J connectivity index is 1.71. The van der Waals surface area contributed by atoms with Crippen molar-refractivity contribution in [2.75, 3.05) is 20.6 Å². The lowest BCUT2D eigenvalue weighted by Gasteiger charge is -2.26. The molecule has 0 amide bonds. The van der Waals surface area contributed by atoms with Gasteiger partial charge in [-0.1, -0.05) is 23.8 Å². The van der Waals surface area contributed by atoms with Gasteiger partial charge < -0.3 is 10.2 Å². The third kappa shape index (κ3) is 3.08. The van der Waals surface area contributed by atoms with Crippen LogP contribution in [0.25, 0.3) is 0 Å². The molecule has 118 valence electrons. The molecule has 0 unspecified atom stereocenters. The highest BCUT2D eigenvalue weighted by Gasteiger charge is 2.24. The van der Waals surface area contributed by atoms with Gasteiger partial charge in [0.2, 0.25) is 0 Å². The number of nitrogens with zero attached hydrogens (tertiary/aromatic N) is 3. The Morgan fingerprint density at radius 3 is 2.91 bits per heavy atom. The lowest BCUT2D eigenvalue weighted by Crippen LogP contribution is -2.32. The van der Waals surface area contributed by atoms with Crippen LogP contribution in [0.1, 0.15) is 40.8 Å². The second-order valence-electron chi connectivity index (χ2n) is 6.63. The van der Waals surface area contributed by atoms with E-state index in [0.29, 0.717) is 12.1 Å². The maximum absolute atomic E-state index is 4.31. The van der Waals surface area contributed by atoms with E-state index in [9.17, 15) is 0 Å². The normalized spacial score (nSPS) is 18.7. The van der Waals surface area contributed by atoms with Crippen LogP contribution in [-0.2, 0) is 13.5 Å². The van der Waals surface area contributed by atoms with Gasteiger partial charge in [0, 0.05) is 37.4 Å². The second-order valence-corrected chi connectivity index (χ2v) is 6.63. The van der Waals surface area contributed by atoms with Crippen molar-refractivity contribution in [1.82, 2.24) is 20.0 Å². The topological polar surface area (TPSA) is 33.1 Å². The molecular formula is C18H26N4. The highest BCUT2D eigenvalue weighted by molar-refractivity contribution is 5.37. The highest BCUT2D eigenvalue weighted by atomic mass is 15.2. The molecule has 2 atom stereocenters. The molecule has 0 fully saturated rings. The summed E-state index contributed by atoms with van der Waals surface area (Å²) in [4.78, 5) is 2.26. The molecule has 1 N–H and O–H groups in total. The van der Waals surface area contributed by atoms with Gasteiger partial charge in [-0.25, -0.2) is 0 Å². The predicted octanol–water partition coefficient (Wildman–Crippen LogP) is 2.61. The van der Waals surface area contributed by atoms with Gasteiger partial charge in [-0.3, -0.25) is 4.68 Å². The molecule has 22 heavy (non-hydrogen) atoms. The first-order chi connectivity index (χ1) is 10.5. The summed E-state index contributed by atoms with van der Waals surface area (Å²) in [6, 6.07) is 7.68. The molecule has 3 rings (SSSR count). The number of rotatable bonds is 5. The zero-order valence-corrected chi connectivity index (χ0v) is 14.0. The SMILES string of the molecule is Cc1ccc2c(c1)[C@H](NC[C@H](c1cnn(C)c1)N(C)C)CC2. The number of likely N-dealkylation sites (N-methyl/N-ethyl adjacent to an activating group) is 1. The Kier molecular flexibility index (Phi) is 4.32. The van der Waals surface area contributed by atoms with Crippen LogP contribution in [0.15, 0.2) is 30.6 Å². The van der Waals surface area contributed by atoms with Gasteiger partial charge in [0.25, 0.3) is 0 Å². The zero-order chi connectivity index (χ0) is 15.7. The molecule has 1 heterocycles. The average Bonchev–Trinajstić information content (AvgIpc) is 3.06. The van der Waals surface area contributed by atoms with Crippen LogP contribution in [0.3, 0.4) is 0 Å². The summed E-state index contributed by atoms with van der Waals surface area (Å²) >= 11 is 0. The Morgan fingerprint density at radius 1 is 1.41 bits per heavy atom. The standard InChI is InChI=1S/C18H26N4/c1-13-5-6-14-7-8-17(16(14)9-13)19-11-18(21(2)3)15-10-20-22(4)12-15/h5-6,9-10,12,17-19H,7-8,11H2,1-4H3/t17-,18-/m1/s1. The van der Waals surface area contributed by atoms with Crippen molar-refractivity contribution in [2.24, 2.45) is 7.05 Å². The minimum atomic E-state index is 0.350. The van der Waals surface area contributed by atoms with Gasteiger partial charge in [0.1, 0.15) is 0 Å². The Labute approximate surface area is 133 Å². The molecule has 0 saturated heterocycles. The summed E-state index contributed by atoms with van der Waals surface area (Å²) in [7, 11) is 6.23. The van der Waals surface area contributed by atoms with Crippen LogP contribution in [0, 0.1) is 6.92 Å². The summed E-state index contributed by atoms with van der Waals surface area (Å²) in [6.07, 6.45) is 6.47. The van der Waals surface area contributed by atoms with Crippen LogP contribution < -0.4 is 5.32 Å². The minimum absolute atomic E-state index is 0.350. The van der Waals surface area contributed by atoms with Crippen LogP contribution >= 0.6 is 0 Å². The van der Waals surface area contributed by atoms with Crippen molar-refractivity contribution >= 4 is 0 Å². The van der Waals surface area contributed by atoms with Crippen molar-refractivity contribution in [2.45, 2.75) is 31.8 Å². The summed E-state index contributed by atoms with van der Waals surface area (Å²) < 4.78 is 1.88. The third-order valence-electron chi connectivity index (χ3n) is 4.67. The molecule has 1 aliphatic rings. The van der Waals surface area contributed by atoms with Crippen molar-refractivity contribution in [3.8, 4) is 0 Å². The molecule has 1 aromatic carbocycles. The fourth-order valence-electron chi connectivity index (χ4n) is 3.40. The molecule has 0 bridgehead atoms. The number of benzene rings is 1. The van der Waals surface area contributed by atoms with Crippen LogP contribution in [-0.4, -0.2) is 35.3 Å². The highest BCUT2D eigenvalue weighted by Crippen LogP contribution is 2.32. The Bertz CT molecular complexity index is 644. The van der Waals surface area contributed by atoms with Crippen molar-refractivity contribution < 1.29 is 0 Å². The summed E-state index contributed by atoms with van der Waals surface area (Å²) in [6.45, 7) is 3.12. The molecule has 0 aliphatic heterocycles. The fraction of sp³-hybridized carbons (Fsp3) is 0.500. The van der Waals surface area contributed by atoms with Gasteiger partial charge >= 0.3 is 0 Å². The molecule has 0 spiro atoms. The lowest BCUT2D eigenvalue weighted by atomic mass is 10.0. The van der Waals surface area contributed by atoms with Crippen LogP contribution in [0.5, 0.6) is 0 Å². The van der Waals surface area contributed by atoms with E-state index in [1.807, 2.05) is 17.9 Å². The maximum atomic E-state index is 4.31. The van der Waals surface area contributed by atoms with Crippen LogP contribution in [0.2, 0.25) is 0 Å². The number of aryl methyl sites for hydroxylation is 3. The summed E-state index contributed by atoms with van der Waals surface area (Å²) in [5.74, 6) is 0. The molecule has 4 heteroatoms. The van der Waals surface area contributed by atoms with E-state index >= 15 is 0 Å². The third-order valence-corrected chi connectivity index (χ3v) is 4.67. The van der Waals surface area contributed by atoms with E-state index in [0.717, 1.165) is 6.54 Å². The molecule has 1 aromatic heterocycles. The first-order valence-electron chi connectivity index (χ1n) is 8.02. The molecule has 4 nitrogen and oxygen atoms in total. The molecule has 2 aromatic rings. The monoisotopic (exact) mass is 298 g/mol. The molecule has 0 radical (unpaired) electrons. The van der Waals surface area contributed by atoms with E-state index < -0.39 is 0 Å². The van der Waals surface area contributed by atoms with Gasteiger partial charge in [0.05, 0.1) is 6.20 Å². The quantitative estimate of drug-likeness (QED) is 0.921. The van der Waals surface area contributed by atoms with E-state index in [1.165, 1.54) is 35.1 Å². The number of nitrogens with one attached hydrogen (secondary N) is 1. The van der Waals surface area contributed by atoms with Crippen molar-refractivity contribution in [3.05, 3.63) is 52.8 Å². The largest absolute Gasteiger partial charge is 0.308 e. The van der Waals surface area contributed by atoms with Gasteiger partial charge in [-0.05, 0) is 45.0 Å². The zero-order valence-electron chi connectivity index (χ0n) is 14.0. The van der Waals surface area contributed by atoms with Crippen molar-refractivity contribution in [3.63, 3.8) is 0 Å². The molecule has 1 aliphatic carbocycles. The first-order valence-corrected chi connectivity index (χ1v) is 8.02. The van der Waals surface area contributed by atoms with Gasteiger partial charge in [0.15, 0.2) is 0 Å². The number of hydrogen-bond acceptors (Lipinski definition) is 3. The Hall–Kier alpha value is -1.65. The first kappa shape index (κ1) is 15.3. The second kappa shape index (κ2) is 6.23. The summed E-state index contributed by atoms with van der Waals surface area (Å²) in [5, 5.41) is 8.08. The lowest BCUT2D eigenvalue weighted by molar-refractivity contribution is 0.279. The number of fused-ring (bicyclic) bond motifs is 1. The van der Waals surface area contributed by atoms with Crippen LogP contribution in [0.4, 0.5) is 0 Å². The fourth-order valence-corrected chi connectivity index (χ4v) is 3.40. The van der Waals surface area contributed by atoms with E-state index in [1.54, 1.807) is 0 Å². The van der Waals surface area contributed by atoms with E-state index in [-0.39, 0.29) is 0 Å². The average molecular weight is 298 g/mol. The van der Waals surface area contributed by atoms with E-state index in [2.05, 4.69) is 60.7 Å². The smallest absolute Gasteiger partial charge is 0.0538 e. The van der Waals surface area contributed by atoms with Crippen molar-refractivity contribution in [1.29, 1.82) is 0 Å². The maximum Gasteiger partial charge on any atom is 0.0538 e. The number of aromatic nitrogens is 2. The summed E-state index contributed by atoms with van der Waals surface area (Å²) in [5.41, 5.74) is 5.61. The molecular weight excluding hydrogens is 272 g/mol. The molecule has 0 saturated carbocycles. The minimum Gasteiger partial charge on any atom is -0.308 e. The van der Waals surface area contributed by atoms with E-state index in [4.69, 9.17) is 0 Å².